The summed E-state index contributed by atoms with van der Waals surface area (Å²) in [5, 5.41) is 6.23. The van der Waals surface area contributed by atoms with Crippen molar-refractivity contribution >= 4 is 23.4 Å². The van der Waals surface area contributed by atoms with Gasteiger partial charge in [0.05, 0.1) is 17.9 Å². The molecule has 2 saturated heterocycles. The number of ether oxygens (including phenoxy) is 1. The first-order valence-corrected chi connectivity index (χ1v) is 13.6. The maximum absolute atomic E-state index is 14.1. The van der Waals surface area contributed by atoms with Gasteiger partial charge in [-0.2, -0.15) is 0 Å². The zero-order valence-corrected chi connectivity index (χ0v) is 21.9. The molecule has 1 saturated carbocycles. The minimum Gasteiger partial charge on any atom is -0.359 e. The molecule has 3 amide bonds. The molecule has 0 radical (unpaired) electrons. The van der Waals surface area contributed by atoms with Crippen LogP contribution in [0.5, 0.6) is 0 Å². The van der Waals surface area contributed by atoms with Gasteiger partial charge >= 0.3 is 0 Å². The Morgan fingerprint density at radius 1 is 1.11 bits per heavy atom. The summed E-state index contributed by atoms with van der Waals surface area (Å²) in [6, 6.07) is 8.69. The number of nitrogens with zero attached hydrogens (tertiary/aromatic N) is 2. The Balaban J connectivity index is 1.32. The van der Waals surface area contributed by atoms with Crippen LogP contribution in [0.25, 0.3) is 0 Å². The first-order valence-electron chi connectivity index (χ1n) is 13.6. The van der Waals surface area contributed by atoms with Crippen LogP contribution >= 0.6 is 0 Å². The van der Waals surface area contributed by atoms with Gasteiger partial charge in [-0.05, 0) is 61.6 Å². The maximum Gasteiger partial charge on any atom is 0.246 e. The fraction of sp³-hybridized carbons (Fsp3) is 0.467. The number of anilines is 1. The van der Waals surface area contributed by atoms with Crippen LogP contribution in [0.2, 0.25) is 0 Å². The molecule has 1 spiro atoms. The Morgan fingerprint density at radius 2 is 1.92 bits per heavy atom. The molecule has 1 aromatic carbocycles. The number of pyridine rings is 1. The van der Waals surface area contributed by atoms with E-state index < -0.39 is 29.6 Å². The van der Waals surface area contributed by atoms with Gasteiger partial charge in [0.25, 0.3) is 0 Å². The number of amides is 3. The summed E-state index contributed by atoms with van der Waals surface area (Å²) in [5.74, 6) is -2.21. The van der Waals surface area contributed by atoms with Crippen LogP contribution < -0.4 is 10.6 Å². The Hall–Kier alpha value is -3.52. The number of carbonyl (C=O) groups is 3. The fourth-order valence-corrected chi connectivity index (χ4v) is 6.70. The molecule has 5 atom stereocenters. The number of hydrogen-bond acceptors (Lipinski definition) is 5. The van der Waals surface area contributed by atoms with E-state index in [0.717, 1.165) is 42.4 Å². The third kappa shape index (κ3) is 4.11. The molecule has 4 heterocycles. The predicted molar refractivity (Wildman–Crippen MR) is 142 cm³/mol. The summed E-state index contributed by atoms with van der Waals surface area (Å²) in [6.07, 6.45) is 11.7. The van der Waals surface area contributed by atoms with Crippen LogP contribution in [0.4, 0.5) is 5.69 Å². The average molecular weight is 515 g/mol. The maximum atomic E-state index is 14.1. The zero-order valence-electron chi connectivity index (χ0n) is 21.9. The number of aromatic nitrogens is 1. The first kappa shape index (κ1) is 24.8. The van der Waals surface area contributed by atoms with E-state index in [9.17, 15) is 14.4 Å². The predicted octanol–water partition coefficient (Wildman–Crippen LogP) is 3.44. The van der Waals surface area contributed by atoms with E-state index in [0.29, 0.717) is 5.69 Å². The highest BCUT2D eigenvalue weighted by atomic mass is 16.5. The van der Waals surface area contributed by atoms with E-state index in [4.69, 9.17) is 4.74 Å². The lowest BCUT2D eigenvalue weighted by Gasteiger charge is -2.34. The third-order valence-electron chi connectivity index (χ3n) is 8.73. The number of benzene rings is 1. The van der Waals surface area contributed by atoms with Crippen molar-refractivity contribution in [3.05, 3.63) is 71.6 Å². The van der Waals surface area contributed by atoms with Crippen LogP contribution in [0.15, 0.2) is 54.9 Å². The summed E-state index contributed by atoms with van der Waals surface area (Å²) >= 11 is 0. The molecule has 6 rings (SSSR count). The van der Waals surface area contributed by atoms with Gasteiger partial charge in [0.1, 0.15) is 11.6 Å². The summed E-state index contributed by atoms with van der Waals surface area (Å²) in [7, 11) is 0. The van der Waals surface area contributed by atoms with Gasteiger partial charge in [-0.3, -0.25) is 19.4 Å². The summed E-state index contributed by atoms with van der Waals surface area (Å²) < 4.78 is 6.45. The third-order valence-corrected chi connectivity index (χ3v) is 8.73. The number of fused-ring (bicyclic) bond motifs is 1. The van der Waals surface area contributed by atoms with E-state index in [-0.39, 0.29) is 30.3 Å². The van der Waals surface area contributed by atoms with Crippen LogP contribution in [0.3, 0.4) is 0 Å². The standard InChI is InChI=1S/C30H34N4O4/c1-18-10-11-22(15-19(18)2)33-27(35)24-23-12-13-30(38-23)25(24)29(37)34(17-20-7-6-14-31-16-20)26(30)28(36)32-21-8-4-3-5-9-21/h6-7,10-16,21,23-26H,3-5,8-9,17H2,1-2H3,(H,32,36)(H,33,35)/t23-,24-,25-,26+,30-/m1/s1. The number of rotatable bonds is 6. The van der Waals surface area contributed by atoms with Crippen LogP contribution in [-0.2, 0) is 25.7 Å². The molecule has 2 bridgehead atoms. The molecule has 4 aliphatic rings. The van der Waals surface area contributed by atoms with Gasteiger partial charge in [-0.15, -0.1) is 0 Å². The summed E-state index contributed by atoms with van der Waals surface area (Å²) in [6.45, 7) is 4.24. The van der Waals surface area contributed by atoms with Crippen LogP contribution in [0, 0.1) is 25.7 Å². The molecule has 1 aromatic heterocycles. The molecule has 8 heteroatoms. The van der Waals surface area contributed by atoms with E-state index >= 15 is 0 Å². The van der Waals surface area contributed by atoms with Crippen molar-refractivity contribution in [3.8, 4) is 0 Å². The van der Waals surface area contributed by atoms with Crippen LogP contribution in [-0.4, -0.2) is 51.4 Å². The number of hydrogen-bond donors (Lipinski definition) is 2. The van der Waals surface area contributed by atoms with E-state index in [1.807, 2.05) is 56.3 Å². The van der Waals surface area contributed by atoms with Crippen molar-refractivity contribution in [2.75, 3.05) is 5.32 Å². The van der Waals surface area contributed by atoms with Crippen molar-refractivity contribution in [1.29, 1.82) is 0 Å². The summed E-state index contributed by atoms with van der Waals surface area (Å²) in [5.41, 5.74) is 2.54. The lowest BCUT2D eigenvalue weighted by atomic mass is 9.74. The minimum absolute atomic E-state index is 0.0912. The zero-order chi connectivity index (χ0) is 26.4. The molecule has 8 nitrogen and oxygen atoms in total. The Labute approximate surface area is 222 Å². The van der Waals surface area contributed by atoms with Gasteiger partial charge in [0, 0.05) is 30.7 Å². The molecule has 2 aromatic rings. The van der Waals surface area contributed by atoms with Crippen LogP contribution in [0.1, 0.15) is 48.8 Å². The van der Waals surface area contributed by atoms with Gasteiger partial charge in [0.2, 0.25) is 17.7 Å². The molecular formula is C30H34N4O4. The SMILES string of the molecule is Cc1ccc(NC(=O)[C@@H]2[C@H]3C=C[C@]4(O3)[C@H](C(=O)NC3CCCCC3)N(Cc3cccnc3)C(=O)[C@@H]24)cc1C. The van der Waals surface area contributed by atoms with E-state index in [1.54, 1.807) is 17.3 Å². The number of nitrogens with one attached hydrogen (secondary N) is 2. The molecule has 0 unspecified atom stereocenters. The van der Waals surface area contributed by atoms with E-state index in [1.165, 1.54) is 6.42 Å². The van der Waals surface area contributed by atoms with Gasteiger partial charge in [-0.1, -0.05) is 43.5 Å². The second kappa shape index (κ2) is 9.66. The second-order valence-electron chi connectivity index (χ2n) is 11.2. The Bertz CT molecular complexity index is 1290. The average Bonchev–Trinajstić information content (AvgIpc) is 3.55. The smallest absolute Gasteiger partial charge is 0.246 e. The van der Waals surface area contributed by atoms with E-state index in [2.05, 4.69) is 15.6 Å². The highest BCUT2D eigenvalue weighted by molar-refractivity contribution is 6.02. The molecule has 38 heavy (non-hydrogen) atoms. The number of likely N-dealkylation sites (tertiary alicyclic amines) is 1. The number of carbonyl (C=O) groups excluding carboxylic acids is 3. The highest BCUT2D eigenvalue weighted by Gasteiger charge is 2.72. The normalized spacial score (nSPS) is 29.9. The lowest BCUT2D eigenvalue weighted by Crippen LogP contribution is -2.56. The van der Waals surface area contributed by atoms with Gasteiger partial charge < -0.3 is 20.3 Å². The molecular weight excluding hydrogens is 480 g/mol. The van der Waals surface area contributed by atoms with Gasteiger partial charge in [0.15, 0.2) is 0 Å². The molecule has 2 N–H and O–H groups in total. The first-order chi connectivity index (χ1) is 18.4. The summed E-state index contributed by atoms with van der Waals surface area (Å²) in [4.78, 5) is 47.4. The Kier molecular flexibility index (Phi) is 6.30. The minimum atomic E-state index is -1.17. The molecule has 1 aliphatic carbocycles. The van der Waals surface area contributed by atoms with Crippen molar-refractivity contribution in [3.63, 3.8) is 0 Å². The molecule has 3 fully saturated rings. The monoisotopic (exact) mass is 514 g/mol. The topological polar surface area (TPSA) is 101 Å². The number of aryl methyl sites for hydroxylation is 2. The largest absolute Gasteiger partial charge is 0.359 e. The van der Waals surface area contributed by atoms with Crippen molar-refractivity contribution < 1.29 is 19.1 Å². The highest BCUT2D eigenvalue weighted by Crippen LogP contribution is 2.55. The Morgan fingerprint density at radius 3 is 2.66 bits per heavy atom. The van der Waals surface area contributed by atoms with Gasteiger partial charge in [-0.25, -0.2) is 0 Å². The van der Waals surface area contributed by atoms with Crippen molar-refractivity contribution in [2.45, 2.75) is 76.3 Å². The fourth-order valence-electron chi connectivity index (χ4n) is 6.70. The second-order valence-corrected chi connectivity index (χ2v) is 11.2. The lowest BCUT2D eigenvalue weighted by molar-refractivity contribution is -0.142. The molecule has 3 aliphatic heterocycles. The van der Waals surface area contributed by atoms with Crippen molar-refractivity contribution in [1.82, 2.24) is 15.2 Å². The van der Waals surface area contributed by atoms with Crippen molar-refractivity contribution in [2.24, 2.45) is 11.8 Å². The molecule has 198 valence electrons. The quantitative estimate of drug-likeness (QED) is 0.576.